The van der Waals surface area contributed by atoms with E-state index in [-0.39, 0.29) is 5.75 Å². The van der Waals surface area contributed by atoms with Crippen LogP contribution in [0.25, 0.3) is 6.08 Å². The molecule has 0 N–H and O–H groups in total. The molecule has 1 saturated carbocycles. The summed E-state index contributed by atoms with van der Waals surface area (Å²) in [5.41, 5.74) is 1.06. The van der Waals surface area contributed by atoms with E-state index in [2.05, 4.69) is 13.0 Å². The topological polar surface area (TPSA) is 9.23 Å². The van der Waals surface area contributed by atoms with Gasteiger partial charge < -0.3 is 4.74 Å². The summed E-state index contributed by atoms with van der Waals surface area (Å²) in [4.78, 5) is 0. The SMILES string of the molecule is CCCC1CCC(/C=C/c2c(C)cc(OCC)c(F)c2F)CC1. The minimum Gasteiger partial charge on any atom is -0.491 e. The molecule has 0 radical (unpaired) electrons. The normalized spacial score (nSPS) is 21.8. The number of allylic oxidation sites excluding steroid dienone is 1. The fraction of sp³-hybridized carbons (Fsp3) is 0.600. The number of ether oxygens (including phenoxy) is 1. The van der Waals surface area contributed by atoms with Crippen LogP contribution in [0, 0.1) is 30.4 Å². The first kappa shape index (κ1) is 18.0. The van der Waals surface area contributed by atoms with Gasteiger partial charge in [-0.25, -0.2) is 4.39 Å². The second-order valence-electron chi connectivity index (χ2n) is 6.59. The molecule has 0 amide bonds. The van der Waals surface area contributed by atoms with Crippen molar-refractivity contribution >= 4 is 6.08 Å². The lowest BCUT2D eigenvalue weighted by Gasteiger charge is -2.26. The maximum Gasteiger partial charge on any atom is 0.201 e. The summed E-state index contributed by atoms with van der Waals surface area (Å²) in [6, 6.07) is 1.58. The summed E-state index contributed by atoms with van der Waals surface area (Å²) >= 11 is 0. The largest absolute Gasteiger partial charge is 0.491 e. The predicted octanol–water partition coefficient (Wildman–Crippen LogP) is 6.29. The zero-order chi connectivity index (χ0) is 16.8. The maximum absolute atomic E-state index is 14.3. The van der Waals surface area contributed by atoms with Crippen molar-refractivity contribution in [2.75, 3.05) is 6.61 Å². The van der Waals surface area contributed by atoms with Crippen LogP contribution in [0.1, 0.15) is 63.5 Å². The Morgan fingerprint density at radius 3 is 2.43 bits per heavy atom. The Morgan fingerprint density at radius 1 is 1.13 bits per heavy atom. The Kier molecular flexibility index (Phi) is 6.61. The fourth-order valence-electron chi connectivity index (χ4n) is 3.51. The van der Waals surface area contributed by atoms with Crippen LogP contribution in [0.2, 0.25) is 0 Å². The van der Waals surface area contributed by atoms with E-state index in [0.717, 1.165) is 18.8 Å². The van der Waals surface area contributed by atoms with E-state index in [1.165, 1.54) is 25.7 Å². The summed E-state index contributed by atoms with van der Waals surface area (Å²) in [5.74, 6) is -0.351. The van der Waals surface area contributed by atoms with E-state index in [1.54, 1.807) is 26.0 Å². The summed E-state index contributed by atoms with van der Waals surface area (Å²) in [6.45, 7) is 6.11. The minimum absolute atomic E-state index is 0.000256. The van der Waals surface area contributed by atoms with Gasteiger partial charge in [0, 0.05) is 5.56 Å². The quantitative estimate of drug-likeness (QED) is 0.598. The average molecular weight is 322 g/mol. The van der Waals surface area contributed by atoms with Crippen molar-refractivity contribution in [1.29, 1.82) is 0 Å². The molecule has 0 bridgehead atoms. The molecule has 2 rings (SSSR count). The molecular weight excluding hydrogens is 294 g/mol. The third-order valence-corrected chi connectivity index (χ3v) is 4.84. The lowest BCUT2D eigenvalue weighted by atomic mass is 9.80. The first-order valence-electron chi connectivity index (χ1n) is 8.86. The molecular formula is C20H28F2O. The smallest absolute Gasteiger partial charge is 0.201 e. The Labute approximate surface area is 138 Å². The van der Waals surface area contributed by atoms with E-state index in [1.807, 2.05) is 0 Å². The Bertz CT molecular complexity index is 543. The van der Waals surface area contributed by atoms with Gasteiger partial charge in [-0.15, -0.1) is 0 Å². The Balaban J connectivity index is 2.07. The molecule has 23 heavy (non-hydrogen) atoms. The summed E-state index contributed by atoms with van der Waals surface area (Å²) in [7, 11) is 0. The van der Waals surface area contributed by atoms with Crippen LogP contribution >= 0.6 is 0 Å². The second-order valence-corrected chi connectivity index (χ2v) is 6.59. The molecule has 0 aliphatic heterocycles. The molecule has 1 fully saturated rings. The van der Waals surface area contributed by atoms with Crippen molar-refractivity contribution < 1.29 is 13.5 Å². The maximum atomic E-state index is 14.3. The molecule has 0 saturated heterocycles. The highest BCUT2D eigenvalue weighted by atomic mass is 19.2. The van der Waals surface area contributed by atoms with Crippen LogP contribution < -0.4 is 4.74 Å². The van der Waals surface area contributed by atoms with Gasteiger partial charge in [0.25, 0.3) is 0 Å². The van der Waals surface area contributed by atoms with Crippen LogP contribution in [0.4, 0.5) is 8.78 Å². The summed E-state index contributed by atoms with van der Waals surface area (Å²) in [6.07, 6.45) is 11.2. The lowest BCUT2D eigenvalue weighted by molar-refractivity contribution is 0.294. The molecule has 1 aromatic carbocycles. The van der Waals surface area contributed by atoms with Gasteiger partial charge in [0.05, 0.1) is 6.61 Å². The monoisotopic (exact) mass is 322 g/mol. The fourth-order valence-corrected chi connectivity index (χ4v) is 3.51. The number of hydrogen-bond acceptors (Lipinski definition) is 1. The molecule has 0 aromatic heterocycles. The van der Waals surface area contributed by atoms with E-state index in [9.17, 15) is 8.78 Å². The van der Waals surface area contributed by atoms with Gasteiger partial charge in [-0.05, 0) is 63.0 Å². The summed E-state index contributed by atoms with van der Waals surface area (Å²) in [5, 5.41) is 0. The molecule has 1 aliphatic rings. The first-order chi connectivity index (χ1) is 11.1. The highest BCUT2D eigenvalue weighted by Gasteiger charge is 2.20. The molecule has 1 nitrogen and oxygen atoms in total. The molecule has 1 aliphatic carbocycles. The van der Waals surface area contributed by atoms with Crippen LogP contribution in [-0.2, 0) is 0 Å². The van der Waals surface area contributed by atoms with Crippen molar-refractivity contribution in [3.63, 3.8) is 0 Å². The standard InChI is InChI=1S/C20H28F2O/c1-4-6-15-7-9-16(10-8-15)11-12-17-14(3)13-18(23-5-2)20(22)19(17)21/h11-13,15-16H,4-10H2,1-3H3/b12-11+. The van der Waals surface area contributed by atoms with Crippen molar-refractivity contribution in [3.8, 4) is 5.75 Å². The minimum atomic E-state index is -0.885. The molecule has 0 spiro atoms. The molecule has 1 aromatic rings. The highest BCUT2D eigenvalue weighted by Crippen LogP contribution is 2.33. The molecule has 0 heterocycles. The van der Waals surface area contributed by atoms with Crippen molar-refractivity contribution in [1.82, 2.24) is 0 Å². The van der Waals surface area contributed by atoms with Gasteiger partial charge in [0.2, 0.25) is 5.82 Å². The van der Waals surface area contributed by atoms with Crippen LogP contribution in [0.3, 0.4) is 0 Å². The van der Waals surface area contributed by atoms with Crippen molar-refractivity contribution in [2.24, 2.45) is 11.8 Å². The van der Waals surface area contributed by atoms with Gasteiger partial charge >= 0.3 is 0 Å². The van der Waals surface area contributed by atoms with Crippen molar-refractivity contribution in [2.45, 2.75) is 59.3 Å². The van der Waals surface area contributed by atoms with Crippen LogP contribution in [0.15, 0.2) is 12.1 Å². The lowest BCUT2D eigenvalue weighted by Crippen LogP contribution is -2.12. The predicted molar refractivity (Wildman–Crippen MR) is 91.7 cm³/mol. The van der Waals surface area contributed by atoms with Gasteiger partial charge in [-0.3, -0.25) is 0 Å². The number of benzene rings is 1. The zero-order valence-corrected chi connectivity index (χ0v) is 14.5. The number of aryl methyl sites for hydroxylation is 1. The van der Waals surface area contributed by atoms with E-state index < -0.39 is 11.6 Å². The molecule has 0 atom stereocenters. The first-order valence-corrected chi connectivity index (χ1v) is 8.86. The number of halogens is 2. The second kappa shape index (κ2) is 8.47. The van der Waals surface area contributed by atoms with Gasteiger partial charge in [-0.2, -0.15) is 4.39 Å². The molecule has 3 heteroatoms. The highest BCUT2D eigenvalue weighted by molar-refractivity contribution is 5.57. The van der Waals surface area contributed by atoms with Gasteiger partial charge in [0.15, 0.2) is 11.6 Å². The third-order valence-electron chi connectivity index (χ3n) is 4.84. The third kappa shape index (κ3) is 4.55. The van der Waals surface area contributed by atoms with Crippen LogP contribution in [0.5, 0.6) is 5.75 Å². The molecule has 0 unspecified atom stereocenters. The summed E-state index contributed by atoms with van der Waals surface area (Å²) < 4.78 is 33.4. The zero-order valence-electron chi connectivity index (χ0n) is 14.5. The number of rotatable bonds is 6. The van der Waals surface area contributed by atoms with Gasteiger partial charge in [-0.1, -0.05) is 31.9 Å². The van der Waals surface area contributed by atoms with Crippen LogP contribution in [-0.4, -0.2) is 6.61 Å². The van der Waals surface area contributed by atoms with Gasteiger partial charge in [0.1, 0.15) is 0 Å². The molecule has 128 valence electrons. The average Bonchev–Trinajstić information content (AvgIpc) is 2.54. The Morgan fingerprint density at radius 2 is 1.83 bits per heavy atom. The van der Waals surface area contributed by atoms with E-state index >= 15 is 0 Å². The van der Waals surface area contributed by atoms with E-state index in [0.29, 0.717) is 23.7 Å². The van der Waals surface area contributed by atoms with Crippen molar-refractivity contribution in [3.05, 3.63) is 34.9 Å². The van der Waals surface area contributed by atoms with E-state index in [4.69, 9.17) is 4.74 Å². The Hall–Kier alpha value is -1.38. The number of hydrogen-bond donors (Lipinski definition) is 0.